The second-order valence-corrected chi connectivity index (χ2v) is 3.82. The standard InChI is InChI=1S/C13H11F3N2O2/c1-19-8-3-7(4-9(5-8)20-2)17-13-11(15)6-10(14)12(16)18-13/h3-6H,1-2H3,(H,17,18). The van der Waals surface area contributed by atoms with Crippen LogP contribution in [0.15, 0.2) is 24.3 Å². The van der Waals surface area contributed by atoms with Crippen LogP contribution in [0, 0.1) is 17.6 Å². The molecule has 0 radical (unpaired) electrons. The minimum atomic E-state index is -1.39. The Balaban J connectivity index is 2.36. The molecule has 0 spiro atoms. The molecule has 20 heavy (non-hydrogen) atoms. The Morgan fingerprint density at radius 2 is 1.50 bits per heavy atom. The van der Waals surface area contributed by atoms with Gasteiger partial charge in [0.2, 0.25) is 0 Å². The van der Waals surface area contributed by atoms with E-state index in [1.54, 1.807) is 6.07 Å². The molecule has 0 aliphatic rings. The van der Waals surface area contributed by atoms with E-state index in [1.807, 2.05) is 0 Å². The lowest BCUT2D eigenvalue weighted by Crippen LogP contribution is -2.02. The highest BCUT2D eigenvalue weighted by Gasteiger charge is 2.12. The summed E-state index contributed by atoms with van der Waals surface area (Å²) >= 11 is 0. The van der Waals surface area contributed by atoms with Crippen LogP contribution in [-0.2, 0) is 0 Å². The fourth-order valence-electron chi connectivity index (χ4n) is 1.55. The maximum Gasteiger partial charge on any atom is 0.251 e. The third kappa shape index (κ3) is 2.93. The number of benzene rings is 1. The summed E-state index contributed by atoms with van der Waals surface area (Å²) in [6.07, 6.45) is 0. The number of hydrogen-bond donors (Lipinski definition) is 1. The Hall–Kier alpha value is -2.44. The zero-order valence-corrected chi connectivity index (χ0v) is 10.7. The predicted octanol–water partition coefficient (Wildman–Crippen LogP) is 3.26. The molecule has 0 amide bonds. The second-order valence-electron chi connectivity index (χ2n) is 3.82. The minimum Gasteiger partial charge on any atom is -0.497 e. The molecule has 0 saturated carbocycles. The Morgan fingerprint density at radius 3 is 2.05 bits per heavy atom. The van der Waals surface area contributed by atoms with E-state index in [9.17, 15) is 13.2 Å². The number of halogens is 3. The Kier molecular flexibility index (Phi) is 3.97. The molecule has 106 valence electrons. The van der Waals surface area contributed by atoms with E-state index in [0.717, 1.165) is 0 Å². The van der Waals surface area contributed by atoms with Crippen LogP contribution in [0.5, 0.6) is 11.5 Å². The largest absolute Gasteiger partial charge is 0.497 e. The maximum absolute atomic E-state index is 13.5. The lowest BCUT2D eigenvalue weighted by atomic mass is 10.2. The van der Waals surface area contributed by atoms with Gasteiger partial charge in [-0.3, -0.25) is 0 Å². The van der Waals surface area contributed by atoms with Gasteiger partial charge in [-0.05, 0) is 0 Å². The Labute approximate surface area is 113 Å². The lowest BCUT2D eigenvalue weighted by molar-refractivity contribution is 0.395. The van der Waals surface area contributed by atoms with Crippen molar-refractivity contribution in [3.05, 3.63) is 41.8 Å². The number of rotatable bonds is 4. The van der Waals surface area contributed by atoms with Crippen LogP contribution >= 0.6 is 0 Å². The van der Waals surface area contributed by atoms with E-state index in [0.29, 0.717) is 23.3 Å². The molecule has 1 heterocycles. The predicted molar refractivity (Wildman–Crippen MR) is 66.9 cm³/mol. The van der Waals surface area contributed by atoms with E-state index < -0.39 is 23.4 Å². The molecule has 2 aromatic rings. The fourth-order valence-corrected chi connectivity index (χ4v) is 1.55. The highest BCUT2D eigenvalue weighted by Crippen LogP contribution is 2.28. The first kappa shape index (κ1) is 14.0. The molecule has 0 bridgehead atoms. The molecule has 1 N–H and O–H groups in total. The highest BCUT2D eigenvalue weighted by molar-refractivity contribution is 5.61. The van der Waals surface area contributed by atoms with E-state index in [1.165, 1.54) is 26.4 Å². The van der Waals surface area contributed by atoms with Gasteiger partial charge in [-0.1, -0.05) is 0 Å². The molecule has 0 atom stereocenters. The number of methoxy groups -OCH3 is 2. The smallest absolute Gasteiger partial charge is 0.251 e. The van der Waals surface area contributed by atoms with Crippen LogP contribution in [0.3, 0.4) is 0 Å². The molecule has 1 aromatic heterocycles. The molecule has 7 heteroatoms. The normalized spacial score (nSPS) is 10.2. The number of nitrogens with one attached hydrogen (secondary N) is 1. The quantitative estimate of drug-likeness (QED) is 0.875. The molecular formula is C13H11F3N2O2. The van der Waals surface area contributed by atoms with Gasteiger partial charge in [0.25, 0.3) is 5.95 Å². The molecule has 0 saturated heterocycles. The fraction of sp³-hybridized carbons (Fsp3) is 0.154. The second kappa shape index (κ2) is 5.68. The number of pyridine rings is 1. The summed E-state index contributed by atoms with van der Waals surface area (Å²) < 4.78 is 49.4. The van der Waals surface area contributed by atoms with Crippen LogP contribution in [0.2, 0.25) is 0 Å². The Morgan fingerprint density at radius 1 is 0.900 bits per heavy atom. The molecule has 0 fully saturated rings. The molecule has 2 rings (SSSR count). The summed E-state index contributed by atoms with van der Waals surface area (Å²) in [5.41, 5.74) is 0.360. The van der Waals surface area contributed by atoms with Crippen molar-refractivity contribution >= 4 is 11.5 Å². The van der Waals surface area contributed by atoms with E-state index >= 15 is 0 Å². The van der Waals surface area contributed by atoms with Gasteiger partial charge >= 0.3 is 0 Å². The van der Waals surface area contributed by atoms with Gasteiger partial charge in [-0.25, -0.2) is 8.78 Å². The number of nitrogens with zero attached hydrogens (tertiary/aromatic N) is 1. The van der Waals surface area contributed by atoms with Crippen LogP contribution in [0.1, 0.15) is 0 Å². The van der Waals surface area contributed by atoms with Crippen LogP contribution in [0.25, 0.3) is 0 Å². The number of aromatic nitrogens is 1. The average molecular weight is 284 g/mol. The minimum absolute atomic E-state index is 0.360. The van der Waals surface area contributed by atoms with Gasteiger partial charge in [0.05, 0.1) is 14.2 Å². The SMILES string of the molecule is COc1cc(Nc2nc(F)c(F)cc2F)cc(OC)c1. The van der Waals surface area contributed by atoms with E-state index in [2.05, 4.69) is 10.3 Å². The number of ether oxygens (including phenoxy) is 2. The summed E-state index contributed by atoms with van der Waals surface area (Å²) in [7, 11) is 2.91. The monoisotopic (exact) mass is 284 g/mol. The highest BCUT2D eigenvalue weighted by atomic mass is 19.2. The molecule has 1 aromatic carbocycles. The van der Waals surface area contributed by atoms with Gasteiger partial charge in [0, 0.05) is 30.0 Å². The van der Waals surface area contributed by atoms with Crippen LogP contribution in [-0.4, -0.2) is 19.2 Å². The van der Waals surface area contributed by atoms with Crippen molar-refractivity contribution in [2.75, 3.05) is 19.5 Å². The first-order chi connectivity index (χ1) is 9.53. The van der Waals surface area contributed by atoms with Crippen LogP contribution < -0.4 is 14.8 Å². The molecular weight excluding hydrogens is 273 g/mol. The first-order valence-electron chi connectivity index (χ1n) is 5.55. The third-order valence-corrected chi connectivity index (χ3v) is 2.50. The number of hydrogen-bond acceptors (Lipinski definition) is 4. The number of anilines is 2. The van der Waals surface area contributed by atoms with Crippen molar-refractivity contribution in [1.82, 2.24) is 4.98 Å². The summed E-state index contributed by atoms with van der Waals surface area (Å²) in [6, 6.07) is 5.10. The van der Waals surface area contributed by atoms with Crippen molar-refractivity contribution in [3.63, 3.8) is 0 Å². The topological polar surface area (TPSA) is 43.4 Å². The van der Waals surface area contributed by atoms with Crippen LogP contribution in [0.4, 0.5) is 24.7 Å². The van der Waals surface area contributed by atoms with Gasteiger partial charge in [0.1, 0.15) is 11.5 Å². The molecule has 4 nitrogen and oxygen atoms in total. The van der Waals surface area contributed by atoms with E-state index in [4.69, 9.17) is 9.47 Å². The van der Waals surface area contributed by atoms with Gasteiger partial charge in [-0.2, -0.15) is 9.37 Å². The van der Waals surface area contributed by atoms with Crippen molar-refractivity contribution in [2.45, 2.75) is 0 Å². The third-order valence-electron chi connectivity index (χ3n) is 2.50. The first-order valence-corrected chi connectivity index (χ1v) is 5.55. The van der Waals surface area contributed by atoms with Crippen molar-refractivity contribution in [1.29, 1.82) is 0 Å². The van der Waals surface area contributed by atoms with Crippen molar-refractivity contribution < 1.29 is 22.6 Å². The summed E-state index contributed by atoms with van der Waals surface area (Å²) in [5.74, 6) is -3.27. The molecule has 0 aliphatic carbocycles. The zero-order valence-electron chi connectivity index (χ0n) is 10.7. The lowest BCUT2D eigenvalue weighted by Gasteiger charge is -2.10. The van der Waals surface area contributed by atoms with Crippen molar-refractivity contribution in [2.24, 2.45) is 0 Å². The van der Waals surface area contributed by atoms with Gasteiger partial charge < -0.3 is 14.8 Å². The Bertz CT molecular complexity index is 613. The van der Waals surface area contributed by atoms with E-state index in [-0.39, 0.29) is 0 Å². The van der Waals surface area contributed by atoms with Gasteiger partial charge in [0.15, 0.2) is 17.5 Å². The summed E-state index contributed by atoms with van der Waals surface area (Å²) in [5, 5.41) is 2.54. The zero-order chi connectivity index (χ0) is 14.7. The summed E-state index contributed by atoms with van der Waals surface area (Å²) in [6.45, 7) is 0. The molecule has 0 unspecified atom stereocenters. The van der Waals surface area contributed by atoms with Crippen molar-refractivity contribution in [3.8, 4) is 11.5 Å². The van der Waals surface area contributed by atoms with Gasteiger partial charge in [-0.15, -0.1) is 0 Å². The maximum atomic E-state index is 13.5. The average Bonchev–Trinajstić information content (AvgIpc) is 2.44. The molecule has 0 aliphatic heterocycles. The summed E-state index contributed by atoms with van der Waals surface area (Å²) in [4.78, 5) is 3.17.